The van der Waals surface area contributed by atoms with Crippen LogP contribution in [0.5, 0.6) is 0 Å². The third-order valence-corrected chi connectivity index (χ3v) is 3.51. The highest BCUT2D eigenvalue weighted by molar-refractivity contribution is 5.69. The molecule has 1 aromatic carbocycles. The van der Waals surface area contributed by atoms with Crippen molar-refractivity contribution in [1.29, 1.82) is 0 Å². The number of nitrogens with zero attached hydrogens (tertiary/aromatic N) is 3. The van der Waals surface area contributed by atoms with E-state index >= 15 is 0 Å². The number of nitro groups is 1. The molecule has 2 rings (SSSR count). The van der Waals surface area contributed by atoms with Crippen LogP contribution in [0, 0.1) is 10.1 Å². The van der Waals surface area contributed by atoms with E-state index in [1.807, 2.05) is 25.7 Å². The molecule has 23 heavy (non-hydrogen) atoms. The molecule has 1 saturated heterocycles. The summed E-state index contributed by atoms with van der Waals surface area (Å²) in [7, 11) is 0. The molecule has 0 saturated carbocycles. The van der Waals surface area contributed by atoms with E-state index < -0.39 is 10.5 Å². The first kappa shape index (κ1) is 16.9. The zero-order chi connectivity index (χ0) is 17.2. The molecule has 1 heterocycles. The van der Waals surface area contributed by atoms with Crippen molar-refractivity contribution in [3.63, 3.8) is 0 Å². The van der Waals surface area contributed by atoms with E-state index in [0.29, 0.717) is 26.2 Å². The fourth-order valence-corrected chi connectivity index (χ4v) is 2.36. The molecule has 0 bridgehead atoms. The van der Waals surface area contributed by atoms with Gasteiger partial charge in [-0.2, -0.15) is 0 Å². The molecule has 1 aliphatic heterocycles. The van der Waals surface area contributed by atoms with E-state index in [9.17, 15) is 14.9 Å². The van der Waals surface area contributed by atoms with Crippen molar-refractivity contribution in [2.45, 2.75) is 26.4 Å². The molecule has 0 aliphatic carbocycles. The number of carbonyl (C=O) groups excluding carboxylic acids is 1. The number of hydrogen-bond donors (Lipinski definition) is 1. The topological polar surface area (TPSA) is 102 Å². The zero-order valence-corrected chi connectivity index (χ0v) is 13.6. The minimum absolute atomic E-state index is 0.0999. The number of benzene rings is 1. The van der Waals surface area contributed by atoms with Gasteiger partial charge in [0.15, 0.2) is 0 Å². The number of nitrogen functional groups attached to an aromatic ring is 1. The minimum Gasteiger partial charge on any atom is -0.444 e. The Morgan fingerprint density at radius 1 is 1.26 bits per heavy atom. The Morgan fingerprint density at radius 2 is 1.87 bits per heavy atom. The van der Waals surface area contributed by atoms with Crippen molar-refractivity contribution in [2.75, 3.05) is 36.8 Å². The van der Waals surface area contributed by atoms with Gasteiger partial charge < -0.3 is 20.3 Å². The van der Waals surface area contributed by atoms with Crippen molar-refractivity contribution >= 4 is 23.2 Å². The van der Waals surface area contributed by atoms with Crippen molar-refractivity contribution in [3.05, 3.63) is 28.3 Å². The number of hydrogen-bond acceptors (Lipinski definition) is 6. The van der Waals surface area contributed by atoms with Crippen LogP contribution < -0.4 is 10.6 Å². The van der Waals surface area contributed by atoms with Crippen molar-refractivity contribution in [1.82, 2.24) is 4.90 Å². The molecular weight excluding hydrogens is 300 g/mol. The Bertz CT molecular complexity index is 604. The average Bonchev–Trinajstić information content (AvgIpc) is 2.46. The Labute approximate surface area is 134 Å². The van der Waals surface area contributed by atoms with Crippen LogP contribution >= 0.6 is 0 Å². The lowest BCUT2D eigenvalue weighted by molar-refractivity contribution is -0.383. The molecule has 126 valence electrons. The summed E-state index contributed by atoms with van der Waals surface area (Å²) in [6.07, 6.45) is -0.333. The number of amides is 1. The molecule has 8 heteroatoms. The second-order valence-electron chi connectivity index (χ2n) is 6.45. The lowest BCUT2D eigenvalue weighted by Crippen LogP contribution is -2.50. The molecule has 0 spiro atoms. The first-order valence-electron chi connectivity index (χ1n) is 7.44. The first-order valence-corrected chi connectivity index (χ1v) is 7.44. The highest BCUT2D eigenvalue weighted by Gasteiger charge is 2.26. The van der Waals surface area contributed by atoms with Gasteiger partial charge in [-0.05, 0) is 32.9 Å². The van der Waals surface area contributed by atoms with Crippen LogP contribution in [0.1, 0.15) is 20.8 Å². The Kier molecular flexibility index (Phi) is 4.63. The van der Waals surface area contributed by atoms with Crippen LogP contribution in [0.2, 0.25) is 0 Å². The predicted octanol–water partition coefficient (Wildman–Crippen LogP) is 2.23. The number of ether oxygens (including phenoxy) is 1. The average molecular weight is 322 g/mol. The van der Waals surface area contributed by atoms with E-state index in [1.54, 1.807) is 11.0 Å². The lowest BCUT2D eigenvalue weighted by Gasteiger charge is -2.36. The number of nitro benzene ring substituents is 1. The van der Waals surface area contributed by atoms with Crippen LogP contribution in [0.25, 0.3) is 0 Å². The number of rotatable bonds is 2. The van der Waals surface area contributed by atoms with Gasteiger partial charge in [-0.15, -0.1) is 0 Å². The summed E-state index contributed by atoms with van der Waals surface area (Å²) in [5, 5.41) is 11.0. The summed E-state index contributed by atoms with van der Waals surface area (Å²) in [6.45, 7) is 7.67. The minimum atomic E-state index is -0.522. The maximum atomic E-state index is 12.0. The molecule has 2 N–H and O–H groups in total. The van der Waals surface area contributed by atoms with Crippen molar-refractivity contribution in [3.8, 4) is 0 Å². The first-order chi connectivity index (χ1) is 10.7. The molecule has 1 amide bonds. The SMILES string of the molecule is CC(C)(C)OC(=O)N1CCN(c2ccc(N)c([N+](=O)[O-])c2)CC1. The van der Waals surface area contributed by atoms with Gasteiger partial charge in [0.25, 0.3) is 5.69 Å². The standard InChI is InChI=1S/C15H22N4O4/c1-15(2,3)23-14(20)18-8-6-17(7-9-18)11-4-5-12(16)13(10-11)19(21)22/h4-5,10H,6-9,16H2,1-3H3. The molecule has 1 aromatic rings. The van der Waals surface area contributed by atoms with Crippen LogP contribution in [0.15, 0.2) is 18.2 Å². The summed E-state index contributed by atoms with van der Waals surface area (Å²) in [4.78, 5) is 26.1. The van der Waals surface area contributed by atoms with E-state index in [4.69, 9.17) is 10.5 Å². The van der Waals surface area contributed by atoms with Gasteiger partial charge in [-0.1, -0.05) is 0 Å². The number of carbonyl (C=O) groups is 1. The van der Waals surface area contributed by atoms with E-state index in [-0.39, 0.29) is 17.5 Å². The van der Waals surface area contributed by atoms with Gasteiger partial charge in [-0.3, -0.25) is 10.1 Å². The predicted molar refractivity (Wildman–Crippen MR) is 87.5 cm³/mol. The Balaban J connectivity index is 2.01. The third-order valence-electron chi connectivity index (χ3n) is 3.51. The smallest absolute Gasteiger partial charge is 0.410 e. The molecule has 1 aliphatic rings. The van der Waals surface area contributed by atoms with Gasteiger partial charge in [0.05, 0.1) is 4.92 Å². The summed E-state index contributed by atoms with van der Waals surface area (Å²) in [5.74, 6) is 0. The monoisotopic (exact) mass is 322 g/mol. The van der Waals surface area contributed by atoms with Crippen LogP contribution in [-0.2, 0) is 4.74 Å². The number of anilines is 2. The van der Waals surface area contributed by atoms with Crippen LogP contribution in [-0.4, -0.2) is 47.7 Å². The lowest BCUT2D eigenvalue weighted by atomic mass is 10.2. The van der Waals surface area contributed by atoms with E-state index in [2.05, 4.69) is 0 Å². The number of nitrogens with two attached hydrogens (primary N) is 1. The Hall–Kier alpha value is -2.51. The van der Waals surface area contributed by atoms with Crippen molar-refractivity contribution in [2.24, 2.45) is 0 Å². The maximum absolute atomic E-state index is 12.0. The summed E-state index contributed by atoms with van der Waals surface area (Å²) < 4.78 is 5.35. The van der Waals surface area contributed by atoms with E-state index in [0.717, 1.165) is 5.69 Å². The normalized spacial score (nSPS) is 15.4. The highest BCUT2D eigenvalue weighted by atomic mass is 16.6. The van der Waals surface area contributed by atoms with Gasteiger partial charge >= 0.3 is 6.09 Å². The van der Waals surface area contributed by atoms with Gasteiger partial charge in [0.2, 0.25) is 0 Å². The third kappa shape index (κ3) is 4.24. The quantitative estimate of drug-likeness (QED) is 0.509. The molecule has 0 atom stereocenters. The molecule has 0 aromatic heterocycles. The van der Waals surface area contributed by atoms with Crippen LogP contribution in [0.3, 0.4) is 0 Å². The second-order valence-corrected chi connectivity index (χ2v) is 6.45. The summed E-state index contributed by atoms with van der Waals surface area (Å²) in [5.41, 5.74) is 5.86. The molecule has 1 fully saturated rings. The zero-order valence-electron chi connectivity index (χ0n) is 13.6. The summed E-state index contributed by atoms with van der Waals surface area (Å²) in [6, 6.07) is 4.76. The largest absolute Gasteiger partial charge is 0.444 e. The van der Waals surface area contributed by atoms with Crippen molar-refractivity contribution < 1.29 is 14.5 Å². The molecule has 8 nitrogen and oxygen atoms in total. The second kappa shape index (κ2) is 6.31. The van der Waals surface area contributed by atoms with Crippen LogP contribution in [0.4, 0.5) is 21.9 Å². The van der Waals surface area contributed by atoms with Gasteiger partial charge in [0, 0.05) is 37.9 Å². The highest BCUT2D eigenvalue weighted by Crippen LogP contribution is 2.28. The number of piperazine rings is 1. The van der Waals surface area contributed by atoms with Gasteiger partial charge in [-0.25, -0.2) is 4.79 Å². The molecule has 0 unspecified atom stereocenters. The van der Waals surface area contributed by atoms with E-state index in [1.165, 1.54) is 12.1 Å². The molecular formula is C15H22N4O4. The Morgan fingerprint density at radius 3 is 2.39 bits per heavy atom. The summed E-state index contributed by atoms with van der Waals surface area (Å²) >= 11 is 0. The fourth-order valence-electron chi connectivity index (χ4n) is 2.36. The fraction of sp³-hybridized carbons (Fsp3) is 0.533. The molecule has 0 radical (unpaired) electrons. The van der Waals surface area contributed by atoms with Gasteiger partial charge in [0.1, 0.15) is 11.3 Å². The maximum Gasteiger partial charge on any atom is 0.410 e.